The predicted molar refractivity (Wildman–Crippen MR) is 106 cm³/mol. The quantitative estimate of drug-likeness (QED) is 0.841. The molecule has 0 saturated carbocycles. The van der Waals surface area contributed by atoms with E-state index in [1.54, 1.807) is 0 Å². The maximum absolute atomic E-state index is 10.1. The number of anilines is 1. The molecule has 2 aliphatic rings. The highest BCUT2D eigenvalue weighted by atomic mass is 16.5. The van der Waals surface area contributed by atoms with E-state index in [-0.39, 0.29) is 12.0 Å². The van der Waals surface area contributed by atoms with E-state index in [1.807, 2.05) is 18.2 Å². The highest BCUT2D eigenvalue weighted by Crippen LogP contribution is 2.34. The molecule has 0 aliphatic carbocycles. The van der Waals surface area contributed by atoms with Gasteiger partial charge in [0.05, 0.1) is 12.3 Å². The van der Waals surface area contributed by atoms with Gasteiger partial charge in [0.25, 0.3) is 0 Å². The molecule has 1 fully saturated rings. The molecule has 0 radical (unpaired) electrons. The first-order valence-corrected chi connectivity index (χ1v) is 9.76. The predicted octanol–water partition coefficient (Wildman–Crippen LogP) is 2.01. The maximum atomic E-state index is 10.1. The summed E-state index contributed by atoms with van der Waals surface area (Å²) in [5.74, 6) is 1.77. The molecule has 0 unspecified atom stereocenters. The number of fused-ring (bicyclic) bond motifs is 1. The number of aliphatic hydroxyl groups excluding tert-OH is 1. The van der Waals surface area contributed by atoms with Crippen molar-refractivity contribution in [3.05, 3.63) is 41.6 Å². The van der Waals surface area contributed by atoms with Crippen LogP contribution in [-0.2, 0) is 17.7 Å². The van der Waals surface area contributed by atoms with Crippen LogP contribution in [0.4, 0.5) is 5.82 Å². The van der Waals surface area contributed by atoms with Crippen molar-refractivity contribution in [3.63, 3.8) is 0 Å². The van der Waals surface area contributed by atoms with Crippen molar-refractivity contribution in [2.45, 2.75) is 25.8 Å². The fraction of sp³-hybridized carbons (Fsp3) is 0.524. The van der Waals surface area contributed by atoms with E-state index in [2.05, 4.69) is 29.4 Å². The van der Waals surface area contributed by atoms with Crippen LogP contribution >= 0.6 is 0 Å². The first kappa shape index (κ1) is 18.3. The Hall–Kier alpha value is -2.02. The summed E-state index contributed by atoms with van der Waals surface area (Å²) in [6.07, 6.45) is 2.70. The van der Waals surface area contributed by atoms with Crippen LogP contribution in [0.5, 0.6) is 0 Å². The molecule has 0 bridgehead atoms. The fourth-order valence-corrected chi connectivity index (χ4v) is 4.12. The molecular weight excluding hydrogens is 340 g/mol. The van der Waals surface area contributed by atoms with E-state index >= 15 is 0 Å². The number of rotatable bonds is 5. The van der Waals surface area contributed by atoms with Crippen molar-refractivity contribution in [2.24, 2.45) is 5.41 Å². The molecule has 6 heteroatoms. The van der Waals surface area contributed by atoms with Crippen LogP contribution in [-0.4, -0.2) is 55.0 Å². The molecule has 0 atom stereocenters. The Morgan fingerprint density at radius 2 is 1.96 bits per heavy atom. The minimum absolute atomic E-state index is 0.120. The molecule has 0 spiro atoms. The summed E-state index contributed by atoms with van der Waals surface area (Å²) in [4.78, 5) is 12.0. The first-order chi connectivity index (χ1) is 13.2. The van der Waals surface area contributed by atoms with E-state index < -0.39 is 0 Å². The Bertz CT molecular complexity index is 775. The van der Waals surface area contributed by atoms with Gasteiger partial charge in [-0.25, -0.2) is 9.97 Å². The lowest BCUT2D eigenvalue weighted by molar-refractivity contribution is -0.0113. The van der Waals surface area contributed by atoms with Crippen LogP contribution in [0.25, 0.3) is 11.4 Å². The van der Waals surface area contributed by atoms with Crippen LogP contribution in [0, 0.1) is 5.41 Å². The highest BCUT2D eigenvalue weighted by Gasteiger charge is 2.34. The third kappa shape index (κ3) is 3.83. The van der Waals surface area contributed by atoms with Crippen molar-refractivity contribution in [2.75, 3.05) is 44.9 Å². The van der Waals surface area contributed by atoms with Gasteiger partial charge >= 0.3 is 0 Å². The minimum atomic E-state index is -0.120. The fourth-order valence-electron chi connectivity index (χ4n) is 4.12. The summed E-state index contributed by atoms with van der Waals surface area (Å²) >= 11 is 0. The minimum Gasteiger partial charge on any atom is -0.396 e. The number of nitrogens with one attached hydrogen (secondary N) is 1. The molecule has 1 saturated heterocycles. The second-order valence-electron chi connectivity index (χ2n) is 7.72. The van der Waals surface area contributed by atoms with Gasteiger partial charge < -0.3 is 20.1 Å². The maximum Gasteiger partial charge on any atom is 0.161 e. The lowest BCUT2D eigenvalue weighted by atomic mass is 9.80. The second-order valence-corrected chi connectivity index (χ2v) is 7.72. The zero-order chi connectivity index (χ0) is 18.7. The molecule has 4 rings (SSSR count). The third-order valence-electron chi connectivity index (χ3n) is 5.77. The SMILES string of the molecule is CN(CC1(CO)CCOCC1)c1nc(-c2ccccc2)nc2c1CCNC2. The summed E-state index contributed by atoms with van der Waals surface area (Å²) in [7, 11) is 2.09. The van der Waals surface area contributed by atoms with Gasteiger partial charge in [-0.05, 0) is 25.8 Å². The number of aromatic nitrogens is 2. The van der Waals surface area contributed by atoms with Gasteiger partial charge in [0.2, 0.25) is 0 Å². The van der Waals surface area contributed by atoms with Crippen molar-refractivity contribution in [1.29, 1.82) is 0 Å². The molecule has 144 valence electrons. The molecule has 1 aromatic carbocycles. The zero-order valence-corrected chi connectivity index (χ0v) is 15.9. The number of ether oxygens (including phenoxy) is 1. The molecule has 2 aromatic rings. The summed E-state index contributed by atoms with van der Waals surface area (Å²) in [6, 6.07) is 10.1. The summed E-state index contributed by atoms with van der Waals surface area (Å²) in [5.41, 5.74) is 3.23. The van der Waals surface area contributed by atoms with Crippen molar-refractivity contribution in [3.8, 4) is 11.4 Å². The molecule has 0 amide bonds. The topological polar surface area (TPSA) is 70.5 Å². The number of aliphatic hydroxyl groups is 1. The highest BCUT2D eigenvalue weighted by molar-refractivity contribution is 5.61. The Labute approximate surface area is 160 Å². The van der Waals surface area contributed by atoms with Crippen molar-refractivity contribution in [1.82, 2.24) is 15.3 Å². The Balaban J connectivity index is 1.70. The van der Waals surface area contributed by atoms with Gasteiger partial charge in [-0.1, -0.05) is 30.3 Å². The van der Waals surface area contributed by atoms with Gasteiger partial charge in [0, 0.05) is 49.9 Å². The lowest BCUT2D eigenvalue weighted by Gasteiger charge is -2.39. The van der Waals surface area contributed by atoms with Crippen molar-refractivity contribution >= 4 is 5.82 Å². The standard InChI is InChI=1S/C21H28N4O2/c1-25(14-21(15-26)8-11-27-12-9-21)20-17-7-10-22-13-18(17)23-19(24-20)16-5-3-2-4-6-16/h2-6,22,26H,7-15H2,1H3. The summed E-state index contributed by atoms with van der Waals surface area (Å²) < 4.78 is 5.52. The van der Waals surface area contributed by atoms with Gasteiger partial charge in [-0.15, -0.1) is 0 Å². The van der Waals surface area contributed by atoms with E-state index in [0.29, 0.717) is 0 Å². The smallest absolute Gasteiger partial charge is 0.161 e. The molecule has 1 aromatic heterocycles. The van der Waals surface area contributed by atoms with Crippen LogP contribution in [0.1, 0.15) is 24.1 Å². The van der Waals surface area contributed by atoms with E-state index in [1.165, 1.54) is 5.56 Å². The lowest BCUT2D eigenvalue weighted by Crippen LogP contribution is -2.43. The average molecular weight is 368 g/mol. The number of nitrogens with zero attached hydrogens (tertiary/aromatic N) is 3. The average Bonchev–Trinajstić information content (AvgIpc) is 2.74. The van der Waals surface area contributed by atoms with Gasteiger partial charge in [0.1, 0.15) is 5.82 Å². The first-order valence-electron chi connectivity index (χ1n) is 9.76. The molecule has 27 heavy (non-hydrogen) atoms. The molecular formula is C21H28N4O2. The second kappa shape index (κ2) is 7.92. The van der Waals surface area contributed by atoms with Crippen LogP contribution in [0.15, 0.2) is 30.3 Å². The Kier molecular flexibility index (Phi) is 5.38. The van der Waals surface area contributed by atoms with Gasteiger partial charge in [0.15, 0.2) is 5.82 Å². The zero-order valence-electron chi connectivity index (χ0n) is 15.9. The monoisotopic (exact) mass is 368 g/mol. The number of benzene rings is 1. The van der Waals surface area contributed by atoms with Crippen molar-refractivity contribution < 1.29 is 9.84 Å². The normalized spacial score (nSPS) is 18.7. The van der Waals surface area contributed by atoms with E-state index in [0.717, 1.165) is 75.0 Å². The number of hydrogen-bond donors (Lipinski definition) is 2. The van der Waals surface area contributed by atoms with E-state index in [4.69, 9.17) is 14.7 Å². The molecule has 2 aliphatic heterocycles. The molecule has 3 heterocycles. The van der Waals surface area contributed by atoms with E-state index in [9.17, 15) is 5.11 Å². The summed E-state index contributed by atoms with van der Waals surface area (Å²) in [6.45, 7) is 4.11. The largest absolute Gasteiger partial charge is 0.396 e. The van der Waals surface area contributed by atoms with Crippen LogP contribution < -0.4 is 10.2 Å². The van der Waals surface area contributed by atoms with Gasteiger partial charge in [-0.3, -0.25) is 0 Å². The van der Waals surface area contributed by atoms with Crippen LogP contribution in [0.3, 0.4) is 0 Å². The van der Waals surface area contributed by atoms with Crippen LogP contribution in [0.2, 0.25) is 0 Å². The Morgan fingerprint density at radius 1 is 1.19 bits per heavy atom. The molecule has 2 N–H and O–H groups in total. The number of hydrogen-bond acceptors (Lipinski definition) is 6. The van der Waals surface area contributed by atoms with Gasteiger partial charge in [-0.2, -0.15) is 0 Å². The third-order valence-corrected chi connectivity index (χ3v) is 5.77. The summed E-state index contributed by atoms with van der Waals surface area (Å²) in [5, 5.41) is 13.5. The Morgan fingerprint density at radius 3 is 2.70 bits per heavy atom. The molecule has 6 nitrogen and oxygen atoms in total.